The number of carbonyl (C=O) groups is 2. The molecule has 0 aliphatic carbocycles. The average Bonchev–Trinajstić information content (AvgIpc) is 2.57. The van der Waals surface area contributed by atoms with Crippen LogP contribution in [0.3, 0.4) is 0 Å². The molecule has 0 aromatic rings. The monoisotopic (exact) mass is 230 g/mol. The molecule has 1 fully saturated rings. The molecule has 1 N–H and O–H groups in total. The first-order valence-electron chi connectivity index (χ1n) is 5.42. The molecule has 0 spiro atoms. The van der Waals surface area contributed by atoms with E-state index in [1.165, 1.54) is 0 Å². The third-order valence-corrected chi connectivity index (χ3v) is 2.28. The van der Waals surface area contributed by atoms with Crippen LogP contribution in [0.25, 0.3) is 0 Å². The molecule has 2 amide bonds. The van der Waals surface area contributed by atoms with Gasteiger partial charge >= 0.3 is 12.2 Å². The van der Waals surface area contributed by atoms with E-state index >= 15 is 0 Å². The third-order valence-electron chi connectivity index (χ3n) is 2.28. The van der Waals surface area contributed by atoms with Crippen molar-refractivity contribution >= 4 is 12.2 Å². The summed E-state index contributed by atoms with van der Waals surface area (Å²) in [4.78, 5) is 24.0. The zero-order chi connectivity index (χ0) is 12.1. The van der Waals surface area contributed by atoms with Gasteiger partial charge in [0.05, 0.1) is 19.7 Å². The summed E-state index contributed by atoms with van der Waals surface area (Å²) >= 11 is 0. The number of ether oxygens (including phenoxy) is 2. The number of alkyl carbamates (subject to hydrolysis) is 1. The van der Waals surface area contributed by atoms with Crippen LogP contribution >= 0.6 is 0 Å². The van der Waals surface area contributed by atoms with Gasteiger partial charge in [-0.15, -0.1) is 0 Å². The van der Waals surface area contributed by atoms with Crippen molar-refractivity contribution in [2.24, 2.45) is 0 Å². The molecule has 1 saturated heterocycles. The second-order valence-corrected chi connectivity index (χ2v) is 3.85. The summed E-state index contributed by atoms with van der Waals surface area (Å²) in [5.74, 6) is 0. The average molecular weight is 230 g/mol. The van der Waals surface area contributed by atoms with Gasteiger partial charge in [-0.1, -0.05) is 0 Å². The lowest BCUT2D eigenvalue weighted by Gasteiger charge is -2.16. The molecule has 1 rings (SSSR count). The summed E-state index contributed by atoms with van der Waals surface area (Å²) in [6.07, 6.45) is -1.11. The summed E-state index contributed by atoms with van der Waals surface area (Å²) in [5, 5.41) is 2.54. The van der Waals surface area contributed by atoms with E-state index in [-0.39, 0.29) is 24.8 Å². The molecule has 0 saturated carbocycles. The minimum Gasteiger partial charge on any atom is -0.450 e. The maximum atomic E-state index is 11.4. The molecule has 1 aliphatic rings. The summed E-state index contributed by atoms with van der Waals surface area (Å²) in [5.41, 5.74) is 0. The van der Waals surface area contributed by atoms with Gasteiger partial charge in [0.2, 0.25) is 0 Å². The number of nitrogens with one attached hydrogen (secondary N) is 1. The van der Waals surface area contributed by atoms with Crippen molar-refractivity contribution in [3.05, 3.63) is 0 Å². The molecule has 6 heteroatoms. The zero-order valence-electron chi connectivity index (χ0n) is 9.86. The molecular weight excluding hydrogens is 212 g/mol. The van der Waals surface area contributed by atoms with Gasteiger partial charge in [0, 0.05) is 6.04 Å². The first kappa shape index (κ1) is 12.6. The van der Waals surface area contributed by atoms with Crippen LogP contribution in [0.15, 0.2) is 0 Å². The Morgan fingerprint density at radius 2 is 2.38 bits per heavy atom. The van der Waals surface area contributed by atoms with Gasteiger partial charge in [0.15, 0.2) is 0 Å². The molecule has 1 heterocycles. The molecule has 92 valence electrons. The van der Waals surface area contributed by atoms with Gasteiger partial charge in [0.25, 0.3) is 0 Å². The van der Waals surface area contributed by atoms with Crippen molar-refractivity contribution in [3.8, 4) is 0 Å². The molecule has 6 nitrogen and oxygen atoms in total. The summed E-state index contributed by atoms with van der Waals surface area (Å²) < 4.78 is 9.78. The summed E-state index contributed by atoms with van der Waals surface area (Å²) in [7, 11) is 0. The zero-order valence-corrected chi connectivity index (χ0v) is 9.86. The van der Waals surface area contributed by atoms with Crippen LogP contribution in [0, 0.1) is 0 Å². The number of amides is 2. The Labute approximate surface area is 94.9 Å². The fraction of sp³-hybridized carbons (Fsp3) is 0.800. The molecule has 1 unspecified atom stereocenters. The minimum absolute atomic E-state index is 0.111. The lowest BCUT2D eigenvalue weighted by Crippen LogP contribution is -2.36. The number of rotatable bonds is 4. The first-order chi connectivity index (χ1) is 7.54. The van der Waals surface area contributed by atoms with Crippen molar-refractivity contribution in [3.63, 3.8) is 0 Å². The lowest BCUT2D eigenvalue weighted by atomic mass is 10.3. The number of hydrogen-bond donors (Lipinski definition) is 1. The van der Waals surface area contributed by atoms with Gasteiger partial charge in [-0.25, -0.2) is 9.59 Å². The van der Waals surface area contributed by atoms with E-state index in [9.17, 15) is 9.59 Å². The van der Waals surface area contributed by atoms with Gasteiger partial charge in [-0.2, -0.15) is 0 Å². The van der Waals surface area contributed by atoms with Gasteiger partial charge < -0.3 is 19.7 Å². The summed E-state index contributed by atoms with van der Waals surface area (Å²) in [6.45, 7) is 6.69. The van der Waals surface area contributed by atoms with Crippen LogP contribution in [-0.2, 0) is 9.47 Å². The van der Waals surface area contributed by atoms with Crippen molar-refractivity contribution in [1.29, 1.82) is 0 Å². The molecule has 0 aromatic heterocycles. The van der Waals surface area contributed by atoms with E-state index < -0.39 is 6.09 Å². The highest BCUT2D eigenvalue weighted by atomic mass is 16.6. The Kier molecular flexibility index (Phi) is 4.39. The second-order valence-electron chi connectivity index (χ2n) is 3.85. The maximum absolute atomic E-state index is 11.4. The molecule has 0 bridgehead atoms. The highest BCUT2D eigenvalue weighted by molar-refractivity contribution is 5.71. The largest absolute Gasteiger partial charge is 0.450 e. The van der Waals surface area contributed by atoms with Crippen molar-refractivity contribution < 1.29 is 19.1 Å². The fourth-order valence-electron chi connectivity index (χ4n) is 1.45. The molecular formula is C10H18N2O4. The Morgan fingerprint density at radius 3 is 2.88 bits per heavy atom. The molecule has 0 radical (unpaired) electrons. The molecule has 0 aromatic carbocycles. The van der Waals surface area contributed by atoms with E-state index in [2.05, 4.69) is 5.32 Å². The fourth-order valence-corrected chi connectivity index (χ4v) is 1.45. The van der Waals surface area contributed by atoms with E-state index in [1.807, 2.05) is 13.8 Å². The quantitative estimate of drug-likeness (QED) is 0.781. The normalized spacial score (nSPS) is 19.9. The van der Waals surface area contributed by atoms with Crippen molar-refractivity contribution in [2.45, 2.75) is 32.9 Å². The maximum Gasteiger partial charge on any atom is 0.410 e. The number of hydrogen-bond acceptors (Lipinski definition) is 4. The standard InChI is InChI=1S/C10H18N2O4/c1-4-15-9(13)11-5-8-6-12(7(2)3)10(14)16-8/h7-8H,4-6H2,1-3H3,(H,11,13). The second kappa shape index (κ2) is 5.58. The highest BCUT2D eigenvalue weighted by Gasteiger charge is 2.32. The van der Waals surface area contributed by atoms with E-state index in [0.717, 1.165) is 0 Å². The van der Waals surface area contributed by atoms with E-state index in [4.69, 9.17) is 9.47 Å². The van der Waals surface area contributed by atoms with Crippen LogP contribution in [0.2, 0.25) is 0 Å². The van der Waals surface area contributed by atoms with Crippen LogP contribution < -0.4 is 5.32 Å². The summed E-state index contributed by atoms with van der Waals surface area (Å²) in [6, 6.07) is 0.111. The van der Waals surface area contributed by atoms with E-state index in [1.54, 1.807) is 11.8 Å². The van der Waals surface area contributed by atoms with Crippen LogP contribution in [0.1, 0.15) is 20.8 Å². The number of cyclic esters (lactones) is 1. The topological polar surface area (TPSA) is 67.9 Å². The third kappa shape index (κ3) is 3.29. The number of nitrogens with zero attached hydrogens (tertiary/aromatic N) is 1. The van der Waals surface area contributed by atoms with Crippen molar-refractivity contribution in [1.82, 2.24) is 10.2 Å². The first-order valence-corrected chi connectivity index (χ1v) is 5.42. The van der Waals surface area contributed by atoms with Gasteiger partial charge in [-0.05, 0) is 20.8 Å². The Bertz CT molecular complexity index is 268. The van der Waals surface area contributed by atoms with Crippen LogP contribution in [-0.4, -0.2) is 48.9 Å². The minimum atomic E-state index is -0.485. The molecule has 16 heavy (non-hydrogen) atoms. The molecule has 1 atom stereocenters. The Morgan fingerprint density at radius 1 is 1.69 bits per heavy atom. The highest BCUT2D eigenvalue weighted by Crippen LogP contribution is 2.13. The predicted molar refractivity (Wildman–Crippen MR) is 57.1 cm³/mol. The van der Waals surface area contributed by atoms with Gasteiger partial charge in [-0.3, -0.25) is 0 Å². The smallest absolute Gasteiger partial charge is 0.410 e. The van der Waals surface area contributed by atoms with Crippen LogP contribution in [0.4, 0.5) is 9.59 Å². The van der Waals surface area contributed by atoms with Crippen molar-refractivity contribution in [2.75, 3.05) is 19.7 Å². The SMILES string of the molecule is CCOC(=O)NCC1CN(C(C)C)C(=O)O1. The van der Waals surface area contributed by atoms with E-state index in [0.29, 0.717) is 13.2 Å². The lowest BCUT2D eigenvalue weighted by molar-refractivity contribution is 0.121. The Balaban J connectivity index is 2.31. The van der Waals surface area contributed by atoms with Crippen LogP contribution in [0.5, 0.6) is 0 Å². The number of carbonyl (C=O) groups excluding carboxylic acids is 2. The molecule has 1 aliphatic heterocycles. The predicted octanol–water partition coefficient (Wildman–Crippen LogP) is 0.962. The Hall–Kier alpha value is -1.46. The van der Waals surface area contributed by atoms with Gasteiger partial charge in [0.1, 0.15) is 6.10 Å².